The molecule has 2 aromatic carbocycles. The molecule has 2 aromatic rings. The van der Waals surface area contributed by atoms with E-state index in [1.807, 2.05) is 0 Å². The van der Waals surface area contributed by atoms with Gasteiger partial charge in [-0.25, -0.2) is 8.78 Å². The molecule has 3 rings (SSSR count). The van der Waals surface area contributed by atoms with Crippen LogP contribution in [0.1, 0.15) is 22.8 Å². The Bertz CT molecular complexity index is 881. The van der Waals surface area contributed by atoms with E-state index in [0.717, 1.165) is 12.1 Å². The Kier molecular flexibility index (Phi) is 6.02. The number of nitrogens with one attached hydrogen (secondary N) is 2. The highest BCUT2D eigenvalue weighted by atomic mass is 32.1. The van der Waals surface area contributed by atoms with Crippen molar-refractivity contribution in [3.63, 3.8) is 0 Å². The van der Waals surface area contributed by atoms with Crippen molar-refractivity contribution >= 4 is 23.2 Å². The molecule has 1 amide bonds. The number of aliphatic hydroxyl groups is 1. The van der Waals surface area contributed by atoms with Gasteiger partial charge < -0.3 is 15.2 Å². The third-order valence-corrected chi connectivity index (χ3v) is 5.19. The number of rotatable bonds is 4. The molecular weight excluding hydrogens is 386 g/mol. The quantitative estimate of drug-likeness (QED) is 0.681. The van der Waals surface area contributed by atoms with Crippen LogP contribution in [-0.2, 0) is 10.3 Å². The fourth-order valence-electron chi connectivity index (χ4n) is 3.51. The molecule has 0 aliphatic carbocycles. The van der Waals surface area contributed by atoms with Crippen molar-refractivity contribution in [1.82, 2.24) is 10.6 Å². The van der Waals surface area contributed by atoms with E-state index in [1.54, 1.807) is 37.3 Å². The van der Waals surface area contributed by atoms with Crippen molar-refractivity contribution in [2.45, 2.75) is 18.6 Å². The molecule has 0 aromatic heterocycles. The van der Waals surface area contributed by atoms with Gasteiger partial charge in [0.05, 0.1) is 24.9 Å². The van der Waals surface area contributed by atoms with Crippen LogP contribution < -0.4 is 10.6 Å². The Morgan fingerprint density at radius 2 is 2.00 bits per heavy atom. The third kappa shape index (κ3) is 3.89. The monoisotopic (exact) mass is 406 g/mol. The van der Waals surface area contributed by atoms with E-state index in [4.69, 9.17) is 17.0 Å². The molecule has 148 valence electrons. The van der Waals surface area contributed by atoms with Gasteiger partial charge in [0, 0.05) is 23.1 Å². The predicted molar refractivity (Wildman–Crippen MR) is 104 cm³/mol. The highest BCUT2D eigenvalue weighted by Gasteiger charge is 2.51. The van der Waals surface area contributed by atoms with E-state index in [0.29, 0.717) is 5.56 Å². The van der Waals surface area contributed by atoms with Gasteiger partial charge in [0.1, 0.15) is 11.6 Å². The number of amides is 1. The number of aliphatic hydroxyl groups excluding tert-OH is 1. The SMILES string of the molecule is CC1OCC(NC(=S)NC(=O)c2ccccc2)(c2ccc(F)cc2F)C1CO. The predicted octanol–water partition coefficient (Wildman–Crippen LogP) is 2.49. The van der Waals surface area contributed by atoms with E-state index >= 15 is 0 Å². The molecule has 3 unspecified atom stereocenters. The van der Waals surface area contributed by atoms with Gasteiger partial charge in [-0.15, -0.1) is 0 Å². The highest BCUT2D eigenvalue weighted by Crippen LogP contribution is 2.40. The van der Waals surface area contributed by atoms with E-state index in [9.17, 15) is 18.7 Å². The summed E-state index contributed by atoms with van der Waals surface area (Å²) in [4.78, 5) is 12.4. The summed E-state index contributed by atoms with van der Waals surface area (Å²) < 4.78 is 33.7. The standard InChI is InChI=1S/C20H20F2N2O3S/c1-12-16(10-25)20(11-27-12,15-8-7-14(21)9-17(15)22)24-19(28)23-18(26)13-5-3-2-4-6-13/h2-9,12,16,25H,10-11H2,1H3,(H2,23,24,26,28). The minimum atomic E-state index is -1.26. The van der Waals surface area contributed by atoms with Gasteiger partial charge in [-0.2, -0.15) is 0 Å². The molecule has 1 fully saturated rings. The van der Waals surface area contributed by atoms with Crippen LogP contribution in [0.15, 0.2) is 48.5 Å². The molecule has 8 heteroatoms. The van der Waals surface area contributed by atoms with Crippen LogP contribution in [0.25, 0.3) is 0 Å². The summed E-state index contributed by atoms with van der Waals surface area (Å²) in [6, 6.07) is 11.7. The summed E-state index contributed by atoms with van der Waals surface area (Å²) in [5.41, 5.74) is -0.746. The number of halogens is 2. The molecule has 3 N–H and O–H groups in total. The minimum Gasteiger partial charge on any atom is -0.396 e. The molecule has 28 heavy (non-hydrogen) atoms. The zero-order valence-corrected chi connectivity index (χ0v) is 15.9. The number of hydrogen-bond donors (Lipinski definition) is 3. The Labute approximate surface area is 166 Å². The fourth-order valence-corrected chi connectivity index (χ4v) is 3.79. The van der Waals surface area contributed by atoms with E-state index in [2.05, 4.69) is 10.6 Å². The Morgan fingerprint density at radius 3 is 2.64 bits per heavy atom. The van der Waals surface area contributed by atoms with Gasteiger partial charge >= 0.3 is 0 Å². The first-order chi connectivity index (χ1) is 13.4. The minimum absolute atomic E-state index is 0.0106. The van der Waals surface area contributed by atoms with Crippen LogP contribution >= 0.6 is 12.2 Å². The fraction of sp³-hybridized carbons (Fsp3) is 0.300. The van der Waals surface area contributed by atoms with Crippen LogP contribution in [0, 0.1) is 17.6 Å². The number of hydrogen-bond acceptors (Lipinski definition) is 4. The largest absolute Gasteiger partial charge is 0.396 e. The second-order valence-electron chi connectivity index (χ2n) is 6.67. The van der Waals surface area contributed by atoms with Gasteiger partial charge in [0.25, 0.3) is 5.91 Å². The lowest BCUT2D eigenvalue weighted by molar-refractivity contribution is 0.0860. The average Bonchev–Trinajstić information content (AvgIpc) is 2.98. The molecule has 5 nitrogen and oxygen atoms in total. The molecule has 1 aliphatic heterocycles. The van der Waals surface area contributed by atoms with E-state index < -0.39 is 35.1 Å². The van der Waals surface area contributed by atoms with Gasteiger partial charge in [-0.1, -0.05) is 24.3 Å². The first kappa shape index (κ1) is 20.3. The first-order valence-electron chi connectivity index (χ1n) is 8.74. The lowest BCUT2D eigenvalue weighted by Gasteiger charge is -2.36. The molecule has 0 bridgehead atoms. The number of ether oxygens (including phenoxy) is 1. The zero-order valence-electron chi connectivity index (χ0n) is 15.1. The van der Waals surface area contributed by atoms with Crippen molar-refractivity contribution in [1.29, 1.82) is 0 Å². The number of carbonyl (C=O) groups excluding carboxylic acids is 1. The number of carbonyl (C=O) groups is 1. The lowest BCUT2D eigenvalue weighted by atomic mass is 9.78. The van der Waals surface area contributed by atoms with Gasteiger partial charge in [-0.3, -0.25) is 10.1 Å². The summed E-state index contributed by atoms with van der Waals surface area (Å²) in [7, 11) is 0. The zero-order chi connectivity index (χ0) is 20.3. The summed E-state index contributed by atoms with van der Waals surface area (Å²) >= 11 is 5.27. The lowest BCUT2D eigenvalue weighted by Crippen LogP contribution is -2.56. The third-order valence-electron chi connectivity index (χ3n) is 4.98. The van der Waals surface area contributed by atoms with Crippen molar-refractivity contribution < 1.29 is 23.4 Å². The van der Waals surface area contributed by atoms with Crippen LogP contribution in [0.3, 0.4) is 0 Å². The highest BCUT2D eigenvalue weighted by molar-refractivity contribution is 7.80. The molecule has 0 radical (unpaired) electrons. The molecule has 0 spiro atoms. The molecule has 1 heterocycles. The number of thiocarbonyl (C=S) groups is 1. The van der Waals surface area contributed by atoms with Gasteiger partial charge in [0.2, 0.25) is 0 Å². The maximum Gasteiger partial charge on any atom is 0.257 e. The van der Waals surface area contributed by atoms with E-state index in [1.165, 1.54) is 6.07 Å². The van der Waals surface area contributed by atoms with Gasteiger partial charge in [0.15, 0.2) is 5.11 Å². The Balaban J connectivity index is 1.90. The van der Waals surface area contributed by atoms with Crippen LogP contribution in [-0.4, -0.2) is 35.4 Å². The molecule has 1 saturated heterocycles. The molecule has 3 atom stereocenters. The summed E-state index contributed by atoms with van der Waals surface area (Å²) in [5.74, 6) is -2.51. The van der Waals surface area contributed by atoms with E-state index in [-0.39, 0.29) is 23.9 Å². The average molecular weight is 406 g/mol. The number of benzene rings is 2. The van der Waals surface area contributed by atoms with Crippen LogP contribution in [0.5, 0.6) is 0 Å². The summed E-state index contributed by atoms with van der Waals surface area (Å²) in [5, 5.41) is 15.4. The topological polar surface area (TPSA) is 70.6 Å². The smallest absolute Gasteiger partial charge is 0.257 e. The van der Waals surface area contributed by atoms with Crippen molar-refractivity contribution in [3.05, 3.63) is 71.3 Å². The van der Waals surface area contributed by atoms with Crippen molar-refractivity contribution in [2.75, 3.05) is 13.2 Å². The van der Waals surface area contributed by atoms with Crippen molar-refractivity contribution in [2.24, 2.45) is 5.92 Å². The first-order valence-corrected chi connectivity index (χ1v) is 9.14. The Hall–Kier alpha value is -2.42. The molecular formula is C20H20F2N2O3S. The molecule has 0 saturated carbocycles. The normalized spacial score (nSPS) is 24.0. The maximum atomic E-state index is 14.6. The van der Waals surface area contributed by atoms with Crippen LogP contribution in [0.4, 0.5) is 8.78 Å². The second-order valence-corrected chi connectivity index (χ2v) is 7.08. The maximum absolute atomic E-state index is 14.6. The second kappa shape index (κ2) is 8.30. The summed E-state index contributed by atoms with van der Waals surface area (Å²) in [6.07, 6.45) is -0.408. The van der Waals surface area contributed by atoms with Gasteiger partial charge in [-0.05, 0) is 37.3 Å². The Morgan fingerprint density at radius 1 is 1.29 bits per heavy atom. The van der Waals surface area contributed by atoms with Crippen molar-refractivity contribution in [3.8, 4) is 0 Å². The summed E-state index contributed by atoms with van der Waals surface area (Å²) in [6.45, 7) is 1.42. The van der Waals surface area contributed by atoms with Crippen LogP contribution in [0.2, 0.25) is 0 Å². The molecule has 1 aliphatic rings.